The molecule has 0 saturated carbocycles. The van der Waals surface area contributed by atoms with Gasteiger partial charge in [0.2, 0.25) is 0 Å². The summed E-state index contributed by atoms with van der Waals surface area (Å²) in [6.45, 7) is 10.1. The Morgan fingerprint density at radius 1 is 1.16 bits per heavy atom. The van der Waals surface area contributed by atoms with E-state index in [1.54, 1.807) is 7.05 Å². The van der Waals surface area contributed by atoms with Crippen molar-refractivity contribution < 1.29 is 23.7 Å². The molecule has 1 amide bonds. The lowest BCUT2D eigenvalue weighted by Crippen LogP contribution is -2.55. The number of nitrogens with two attached hydrogens (primary N) is 1. The number of carbonyl (C=O) groups is 1. The second kappa shape index (κ2) is 11.3. The van der Waals surface area contributed by atoms with Crippen LogP contribution in [-0.2, 0) is 20.8 Å². The molecular weight excluding hydrogens is 490 g/mol. The van der Waals surface area contributed by atoms with Gasteiger partial charge in [-0.25, -0.2) is 4.79 Å². The van der Waals surface area contributed by atoms with Crippen LogP contribution in [0, 0.1) is 5.92 Å². The molecule has 0 spiro atoms. The van der Waals surface area contributed by atoms with Crippen LogP contribution in [0.15, 0.2) is 59.6 Å². The molecular formula is C28H37N3O5S. The number of aliphatic imine (C=N–C) groups is 1. The Bertz CT molecular complexity index is 1090. The Morgan fingerprint density at radius 3 is 2.49 bits per heavy atom. The highest BCUT2D eigenvalue weighted by Crippen LogP contribution is 2.42. The standard InChI is InChI=1S/C28H37N3O5S/c1-17-23(18(2)34-21-14-12-20(29)13-15-21)35-25-22(24(17)33-16-19-10-8-7-9-11-19)30-26(37-25)31(6)27(32)36-28(3,4)5/h7-15,17-18,22-25H,16,29H2,1-6H3/t17-,18?,22-,23+,24+,25-/m1/s1. The highest BCUT2D eigenvalue weighted by Gasteiger charge is 2.51. The van der Waals surface area contributed by atoms with Crippen LogP contribution in [0.3, 0.4) is 0 Å². The van der Waals surface area contributed by atoms with Crippen LogP contribution in [0.4, 0.5) is 10.5 Å². The number of benzene rings is 2. The molecule has 2 heterocycles. The van der Waals surface area contributed by atoms with Gasteiger partial charge in [-0.15, -0.1) is 0 Å². The Hall–Kier alpha value is -2.75. The fourth-order valence-corrected chi connectivity index (χ4v) is 5.63. The second-order valence-electron chi connectivity index (χ2n) is 10.5. The number of hydrogen-bond acceptors (Lipinski definition) is 8. The number of anilines is 1. The van der Waals surface area contributed by atoms with Gasteiger partial charge in [-0.3, -0.25) is 9.89 Å². The van der Waals surface area contributed by atoms with E-state index in [1.165, 1.54) is 16.7 Å². The molecule has 2 aliphatic rings. The summed E-state index contributed by atoms with van der Waals surface area (Å²) in [6.07, 6.45) is -1.20. The third-order valence-corrected chi connectivity index (χ3v) is 7.54. The molecule has 4 rings (SSSR count). The van der Waals surface area contributed by atoms with Gasteiger partial charge in [0.1, 0.15) is 35.0 Å². The van der Waals surface area contributed by atoms with Gasteiger partial charge in [-0.05, 0) is 57.5 Å². The summed E-state index contributed by atoms with van der Waals surface area (Å²) >= 11 is 1.41. The Kier molecular flexibility index (Phi) is 8.36. The maximum atomic E-state index is 12.7. The van der Waals surface area contributed by atoms with Crippen LogP contribution in [0.25, 0.3) is 0 Å². The van der Waals surface area contributed by atoms with Crippen molar-refractivity contribution in [2.45, 2.75) is 76.6 Å². The van der Waals surface area contributed by atoms with E-state index in [4.69, 9.17) is 29.7 Å². The summed E-state index contributed by atoms with van der Waals surface area (Å²) in [4.78, 5) is 19.1. The number of hydrogen-bond donors (Lipinski definition) is 1. The van der Waals surface area contributed by atoms with Crippen molar-refractivity contribution in [1.82, 2.24) is 4.90 Å². The normalized spacial score (nSPS) is 26.1. The van der Waals surface area contributed by atoms with E-state index in [9.17, 15) is 4.79 Å². The first kappa shape index (κ1) is 27.3. The quantitative estimate of drug-likeness (QED) is 0.508. The fraction of sp³-hybridized carbons (Fsp3) is 0.500. The van der Waals surface area contributed by atoms with Gasteiger partial charge >= 0.3 is 6.09 Å². The summed E-state index contributed by atoms with van der Waals surface area (Å²) < 4.78 is 24.9. The number of amidine groups is 1. The summed E-state index contributed by atoms with van der Waals surface area (Å²) in [5.74, 6) is 0.700. The highest BCUT2D eigenvalue weighted by atomic mass is 32.2. The molecule has 6 atom stereocenters. The predicted octanol–water partition coefficient (Wildman–Crippen LogP) is 5.32. The van der Waals surface area contributed by atoms with E-state index < -0.39 is 11.7 Å². The van der Waals surface area contributed by atoms with Gasteiger partial charge in [-0.1, -0.05) is 49.0 Å². The van der Waals surface area contributed by atoms with Crippen LogP contribution in [0.1, 0.15) is 40.2 Å². The minimum Gasteiger partial charge on any atom is -0.488 e. The van der Waals surface area contributed by atoms with Crippen LogP contribution < -0.4 is 10.5 Å². The number of nitrogens with zero attached hydrogens (tertiary/aromatic N) is 2. The SMILES string of the molecule is CC(Oc1ccc(N)cc1)[C@H]1O[C@@H]2SC(N(C)C(=O)OC(C)(C)C)=N[C@@H]2[C@@H](OCc2ccccc2)[C@@H]1C. The van der Waals surface area contributed by atoms with Crippen molar-refractivity contribution in [3.63, 3.8) is 0 Å². The van der Waals surface area contributed by atoms with E-state index in [0.29, 0.717) is 17.5 Å². The summed E-state index contributed by atoms with van der Waals surface area (Å²) in [5.41, 5.74) is 6.67. The second-order valence-corrected chi connectivity index (χ2v) is 11.6. The number of thioether (sulfide) groups is 1. The number of nitrogen functional groups attached to an aromatic ring is 1. The van der Waals surface area contributed by atoms with Crippen LogP contribution in [0.5, 0.6) is 5.75 Å². The average Bonchev–Trinajstić information content (AvgIpc) is 3.27. The molecule has 37 heavy (non-hydrogen) atoms. The topological polar surface area (TPSA) is 95.6 Å². The van der Waals surface area contributed by atoms with Gasteiger partial charge in [0.25, 0.3) is 0 Å². The Labute approximate surface area is 223 Å². The molecule has 0 aliphatic carbocycles. The Morgan fingerprint density at radius 2 is 1.84 bits per heavy atom. The summed E-state index contributed by atoms with van der Waals surface area (Å²) in [5, 5.41) is 0.553. The fourth-order valence-electron chi connectivity index (χ4n) is 4.46. The molecule has 0 bridgehead atoms. The lowest BCUT2D eigenvalue weighted by molar-refractivity contribution is -0.161. The van der Waals surface area contributed by atoms with Gasteiger partial charge in [0.05, 0.1) is 12.7 Å². The van der Waals surface area contributed by atoms with Gasteiger partial charge in [0.15, 0.2) is 5.17 Å². The molecule has 1 saturated heterocycles. The van der Waals surface area contributed by atoms with Gasteiger partial charge < -0.3 is 24.7 Å². The number of amides is 1. The largest absolute Gasteiger partial charge is 0.488 e. The third-order valence-electron chi connectivity index (χ3n) is 6.33. The van der Waals surface area contributed by atoms with E-state index in [-0.39, 0.29) is 35.7 Å². The highest BCUT2D eigenvalue weighted by molar-refractivity contribution is 8.14. The summed E-state index contributed by atoms with van der Waals surface area (Å²) in [6, 6.07) is 17.1. The molecule has 2 aliphatic heterocycles. The molecule has 9 heteroatoms. The van der Waals surface area contributed by atoms with Crippen LogP contribution >= 0.6 is 11.8 Å². The minimum atomic E-state index is -0.603. The van der Waals surface area contributed by atoms with E-state index in [0.717, 1.165) is 11.3 Å². The van der Waals surface area contributed by atoms with Gasteiger partial charge in [0, 0.05) is 18.7 Å². The molecule has 1 fully saturated rings. The lowest BCUT2D eigenvalue weighted by Gasteiger charge is -2.43. The molecule has 200 valence electrons. The zero-order valence-electron chi connectivity index (χ0n) is 22.3. The first-order chi connectivity index (χ1) is 17.5. The Balaban J connectivity index is 1.54. The molecule has 2 aromatic rings. The van der Waals surface area contributed by atoms with Gasteiger partial charge in [-0.2, -0.15) is 0 Å². The minimum absolute atomic E-state index is 0.0238. The lowest BCUT2D eigenvalue weighted by atomic mass is 9.87. The van der Waals surface area contributed by atoms with Crippen molar-refractivity contribution in [2.75, 3.05) is 12.8 Å². The van der Waals surface area contributed by atoms with Crippen molar-refractivity contribution >= 4 is 28.7 Å². The monoisotopic (exact) mass is 527 g/mol. The first-order valence-electron chi connectivity index (χ1n) is 12.6. The summed E-state index contributed by atoms with van der Waals surface area (Å²) in [7, 11) is 1.67. The van der Waals surface area contributed by atoms with Crippen LogP contribution in [-0.4, -0.2) is 58.6 Å². The zero-order valence-corrected chi connectivity index (χ0v) is 23.1. The molecule has 2 aromatic carbocycles. The van der Waals surface area contributed by atoms with E-state index in [2.05, 4.69) is 6.92 Å². The van der Waals surface area contributed by atoms with Crippen molar-refractivity contribution in [3.05, 3.63) is 60.2 Å². The maximum Gasteiger partial charge on any atom is 0.416 e. The van der Waals surface area contributed by atoms with E-state index in [1.807, 2.05) is 82.3 Å². The van der Waals surface area contributed by atoms with Crippen molar-refractivity contribution in [1.29, 1.82) is 0 Å². The van der Waals surface area contributed by atoms with Crippen LogP contribution in [0.2, 0.25) is 0 Å². The number of ether oxygens (including phenoxy) is 4. The first-order valence-corrected chi connectivity index (χ1v) is 13.4. The van der Waals surface area contributed by atoms with E-state index >= 15 is 0 Å². The maximum absolute atomic E-state index is 12.7. The molecule has 0 aromatic heterocycles. The molecule has 0 radical (unpaired) electrons. The average molecular weight is 528 g/mol. The molecule has 1 unspecified atom stereocenters. The third kappa shape index (κ3) is 6.77. The molecule has 2 N–H and O–H groups in total. The predicted molar refractivity (Wildman–Crippen MR) is 147 cm³/mol. The number of fused-ring (bicyclic) bond motifs is 1. The smallest absolute Gasteiger partial charge is 0.416 e. The number of carbonyl (C=O) groups excluding carboxylic acids is 1. The van der Waals surface area contributed by atoms with Crippen molar-refractivity contribution in [2.24, 2.45) is 10.9 Å². The molecule has 8 nitrogen and oxygen atoms in total. The van der Waals surface area contributed by atoms with Crippen molar-refractivity contribution in [3.8, 4) is 5.75 Å². The zero-order chi connectivity index (χ0) is 26.7. The number of rotatable bonds is 6.